The number of hydrogen-bond acceptors (Lipinski definition) is 1. The molecule has 3 heteroatoms. The summed E-state index contributed by atoms with van der Waals surface area (Å²) in [5.41, 5.74) is 0. The summed E-state index contributed by atoms with van der Waals surface area (Å²) in [6.45, 7) is 1.42. The van der Waals surface area contributed by atoms with Crippen molar-refractivity contribution in [3.05, 3.63) is 11.9 Å². The molecule has 1 N–H and O–H groups in total. The van der Waals surface area contributed by atoms with Crippen LogP contribution in [0.3, 0.4) is 0 Å². The van der Waals surface area contributed by atoms with Crippen LogP contribution < -0.4 is 0 Å². The fourth-order valence-electron chi connectivity index (χ4n) is 0.980. The van der Waals surface area contributed by atoms with E-state index in [-0.39, 0.29) is 5.83 Å². The first kappa shape index (κ1) is 7.25. The molecule has 0 radical (unpaired) electrons. The molecule has 0 spiro atoms. The van der Waals surface area contributed by atoms with Gasteiger partial charge in [0.15, 0.2) is 0 Å². The van der Waals surface area contributed by atoms with Gasteiger partial charge in [0.2, 0.25) is 0 Å². The zero-order valence-electron chi connectivity index (χ0n) is 5.81. The minimum atomic E-state index is -0.0376. The SMILES string of the molecule is N=CN1CCC=C(F)CC1. The smallest absolute Gasteiger partial charge is 0.0978 e. The van der Waals surface area contributed by atoms with E-state index < -0.39 is 0 Å². The lowest BCUT2D eigenvalue weighted by Gasteiger charge is -2.14. The molecule has 2 nitrogen and oxygen atoms in total. The molecule has 0 unspecified atom stereocenters. The molecule has 10 heavy (non-hydrogen) atoms. The van der Waals surface area contributed by atoms with Gasteiger partial charge in [-0.25, -0.2) is 4.39 Å². The molecule has 1 heterocycles. The topological polar surface area (TPSA) is 27.1 Å². The Hall–Kier alpha value is -0.860. The minimum absolute atomic E-state index is 0.0376. The van der Waals surface area contributed by atoms with Crippen LogP contribution in [0.2, 0.25) is 0 Å². The van der Waals surface area contributed by atoms with Crippen LogP contribution >= 0.6 is 0 Å². The molecule has 0 aromatic carbocycles. The Labute approximate surface area is 59.8 Å². The highest BCUT2D eigenvalue weighted by atomic mass is 19.1. The Kier molecular flexibility index (Phi) is 2.42. The van der Waals surface area contributed by atoms with Crippen molar-refractivity contribution in [2.24, 2.45) is 0 Å². The molecule has 0 aromatic heterocycles. The maximum absolute atomic E-state index is 12.5. The molecule has 0 aliphatic carbocycles. The van der Waals surface area contributed by atoms with Gasteiger partial charge < -0.3 is 4.90 Å². The molecule has 0 saturated heterocycles. The second-order valence-corrected chi connectivity index (χ2v) is 2.35. The summed E-state index contributed by atoms with van der Waals surface area (Å²) in [4.78, 5) is 1.81. The van der Waals surface area contributed by atoms with E-state index in [1.807, 2.05) is 4.90 Å². The number of nitrogens with zero attached hydrogens (tertiary/aromatic N) is 1. The van der Waals surface area contributed by atoms with E-state index in [4.69, 9.17) is 5.41 Å². The normalized spacial score (nSPS) is 19.7. The number of hydrogen-bond donors (Lipinski definition) is 1. The molecule has 0 aromatic rings. The Morgan fingerprint density at radius 2 is 2.40 bits per heavy atom. The Morgan fingerprint density at radius 1 is 1.60 bits per heavy atom. The van der Waals surface area contributed by atoms with Gasteiger partial charge in [-0.15, -0.1) is 0 Å². The van der Waals surface area contributed by atoms with Crippen molar-refractivity contribution in [3.63, 3.8) is 0 Å². The summed E-state index contributed by atoms with van der Waals surface area (Å²) in [7, 11) is 0. The summed E-state index contributed by atoms with van der Waals surface area (Å²) < 4.78 is 12.5. The van der Waals surface area contributed by atoms with Crippen molar-refractivity contribution < 1.29 is 4.39 Å². The molecule has 1 aliphatic heterocycles. The summed E-state index contributed by atoms with van der Waals surface area (Å²) in [5, 5.41) is 6.92. The average molecular weight is 142 g/mol. The highest BCUT2D eigenvalue weighted by Crippen LogP contribution is 2.09. The number of nitrogens with one attached hydrogen (secondary N) is 1. The third-order valence-electron chi connectivity index (χ3n) is 1.60. The first-order valence-electron chi connectivity index (χ1n) is 3.42. The predicted octanol–water partition coefficient (Wildman–Crippen LogP) is 1.54. The fourth-order valence-corrected chi connectivity index (χ4v) is 0.980. The highest BCUT2D eigenvalue weighted by molar-refractivity contribution is 5.50. The van der Waals surface area contributed by atoms with Crippen LogP contribution in [0.15, 0.2) is 11.9 Å². The second-order valence-electron chi connectivity index (χ2n) is 2.35. The lowest BCUT2D eigenvalue weighted by molar-refractivity contribution is 0.437. The summed E-state index contributed by atoms with van der Waals surface area (Å²) in [6.07, 6.45) is 4.05. The molecular formula is C7H11FN2. The van der Waals surface area contributed by atoms with Crippen molar-refractivity contribution in [3.8, 4) is 0 Å². The van der Waals surface area contributed by atoms with Crippen molar-refractivity contribution in [1.29, 1.82) is 5.41 Å². The predicted molar refractivity (Wildman–Crippen MR) is 38.8 cm³/mol. The minimum Gasteiger partial charge on any atom is -0.362 e. The van der Waals surface area contributed by atoms with Crippen LogP contribution in [0.4, 0.5) is 4.39 Å². The van der Waals surface area contributed by atoms with Gasteiger partial charge in [0.05, 0.1) is 12.2 Å². The van der Waals surface area contributed by atoms with Crippen LogP contribution in [-0.4, -0.2) is 24.3 Å². The highest BCUT2D eigenvalue weighted by Gasteiger charge is 2.05. The van der Waals surface area contributed by atoms with E-state index in [0.29, 0.717) is 13.0 Å². The van der Waals surface area contributed by atoms with Crippen LogP contribution in [-0.2, 0) is 0 Å². The van der Waals surface area contributed by atoms with E-state index in [1.54, 1.807) is 6.08 Å². The van der Waals surface area contributed by atoms with Crippen molar-refractivity contribution in [2.75, 3.05) is 13.1 Å². The van der Waals surface area contributed by atoms with Crippen molar-refractivity contribution >= 4 is 6.34 Å². The first-order valence-corrected chi connectivity index (χ1v) is 3.42. The molecule has 0 saturated carbocycles. The standard InChI is InChI=1S/C7H11FN2/c8-7-2-1-4-10(6-9)5-3-7/h2,6,9H,1,3-5H2. The molecule has 56 valence electrons. The summed E-state index contributed by atoms with van der Waals surface area (Å²) >= 11 is 0. The zero-order chi connectivity index (χ0) is 7.40. The van der Waals surface area contributed by atoms with E-state index in [1.165, 1.54) is 6.34 Å². The van der Waals surface area contributed by atoms with E-state index in [9.17, 15) is 4.39 Å². The largest absolute Gasteiger partial charge is 0.362 e. The third kappa shape index (κ3) is 1.83. The summed E-state index contributed by atoms with van der Waals surface area (Å²) in [6, 6.07) is 0. The molecule has 1 aliphatic rings. The second kappa shape index (κ2) is 3.34. The molecule has 0 bridgehead atoms. The van der Waals surface area contributed by atoms with E-state index in [2.05, 4.69) is 0 Å². The van der Waals surface area contributed by atoms with Gasteiger partial charge in [0, 0.05) is 19.5 Å². The molecule has 0 amide bonds. The van der Waals surface area contributed by atoms with Gasteiger partial charge in [0.1, 0.15) is 0 Å². The van der Waals surface area contributed by atoms with Crippen LogP contribution in [0.1, 0.15) is 12.8 Å². The lowest BCUT2D eigenvalue weighted by atomic mass is 10.3. The maximum Gasteiger partial charge on any atom is 0.0978 e. The average Bonchev–Trinajstić information content (AvgIpc) is 2.14. The third-order valence-corrected chi connectivity index (χ3v) is 1.60. The Balaban J connectivity index is 2.43. The molecule has 0 atom stereocenters. The van der Waals surface area contributed by atoms with Gasteiger partial charge in [-0.3, -0.25) is 5.41 Å². The summed E-state index contributed by atoms with van der Waals surface area (Å²) in [5.74, 6) is -0.0376. The quantitative estimate of drug-likeness (QED) is 0.436. The van der Waals surface area contributed by atoms with Gasteiger partial charge in [-0.2, -0.15) is 0 Å². The van der Waals surface area contributed by atoms with Gasteiger partial charge in [0.25, 0.3) is 0 Å². The van der Waals surface area contributed by atoms with Gasteiger partial charge in [-0.1, -0.05) is 6.08 Å². The van der Waals surface area contributed by atoms with Crippen LogP contribution in [0, 0.1) is 5.41 Å². The number of halogens is 1. The van der Waals surface area contributed by atoms with Gasteiger partial charge >= 0.3 is 0 Å². The van der Waals surface area contributed by atoms with Gasteiger partial charge in [-0.05, 0) is 6.42 Å². The molecule has 0 fully saturated rings. The Bertz CT molecular complexity index is 154. The molecular weight excluding hydrogens is 131 g/mol. The van der Waals surface area contributed by atoms with Crippen molar-refractivity contribution in [2.45, 2.75) is 12.8 Å². The van der Waals surface area contributed by atoms with Crippen LogP contribution in [0.25, 0.3) is 0 Å². The maximum atomic E-state index is 12.5. The first-order chi connectivity index (χ1) is 4.83. The van der Waals surface area contributed by atoms with E-state index >= 15 is 0 Å². The fraction of sp³-hybridized carbons (Fsp3) is 0.571. The molecule has 1 rings (SSSR count). The van der Waals surface area contributed by atoms with Crippen molar-refractivity contribution in [1.82, 2.24) is 4.90 Å². The Morgan fingerprint density at radius 3 is 3.10 bits per heavy atom. The van der Waals surface area contributed by atoms with Crippen LogP contribution in [0.5, 0.6) is 0 Å². The lowest BCUT2D eigenvalue weighted by Crippen LogP contribution is -2.22. The van der Waals surface area contributed by atoms with E-state index in [0.717, 1.165) is 13.0 Å². The monoisotopic (exact) mass is 142 g/mol. The zero-order valence-corrected chi connectivity index (χ0v) is 5.81. The number of rotatable bonds is 1.